The molecule has 7 heteroatoms. The molecule has 1 aromatic heterocycles. The summed E-state index contributed by atoms with van der Waals surface area (Å²) in [4.78, 5) is 0. The molecule has 21 heavy (non-hydrogen) atoms. The van der Waals surface area contributed by atoms with Crippen LogP contribution in [0.4, 0.5) is 4.39 Å². The average molecular weight is 303 g/mol. The van der Waals surface area contributed by atoms with Crippen molar-refractivity contribution in [3.05, 3.63) is 35.1 Å². The molecule has 1 saturated carbocycles. The lowest BCUT2D eigenvalue weighted by atomic mass is 10.1. The summed E-state index contributed by atoms with van der Waals surface area (Å²) >= 11 is 1.53. The maximum Gasteiger partial charge on any atom is 0.209 e. The largest absolute Gasteiger partial charge is 0.320 e. The number of hydrogen-bond acceptors (Lipinski definition) is 5. The summed E-state index contributed by atoms with van der Waals surface area (Å²) in [5.41, 5.74) is 6.99. The van der Waals surface area contributed by atoms with E-state index in [4.69, 9.17) is 5.73 Å². The highest BCUT2D eigenvalue weighted by molar-refractivity contribution is 7.98. The van der Waals surface area contributed by atoms with Gasteiger partial charge in [0.05, 0.1) is 12.6 Å². The molecule has 0 amide bonds. The van der Waals surface area contributed by atoms with Crippen molar-refractivity contribution in [1.82, 2.24) is 20.2 Å². The maximum atomic E-state index is 13.3. The number of benzene rings is 1. The van der Waals surface area contributed by atoms with E-state index < -0.39 is 0 Å². The van der Waals surface area contributed by atoms with E-state index in [0.717, 1.165) is 23.6 Å². The minimum atomic E-state index is -0.298. The van der Waals surface area contributed by atoms with Crippen molar-refractivity contribution in [2.24, 2.45) is 5.73 Å². The Morgan fingerprint density at radius 2 is 2.29 bits per heavy atom. The van der Waals surface area contributed by atoms with Crippen LogP contribution in [0.1, 0.15) is 30.0 Å². The minimum absolute atomic E-state index is 0.253. The first-order chi connectivity index (χ1) is 10.3. The third kappa shape index (κ3) is 3.40. The van der Waals surface area contributed by atoms with Gasteiger partial charge in [-0.25, -0.2) is 9.07 Å². The van der Waals surface area contributed by atoms with Gasteiger partial charge in [0.2, 0.25) is 5.16 Å². The fourth-order valence-corrected chi connectivity index (χ4v) is 2.86. The van der Waals surface area contributed by atoms with Crippen LogP contribution in [-0.4, -0.2) is 26.8 Å². The molecular weight excluding hydrogens is 289 g/mol. The molecule has 108 valence electrons. The van der Waals surface area contributed by atoms with E-state index in [1.165, 1.54) is 23.9 Å². The van der Waals surface area contributed by atoms with Gasteiger partial charge in [-0.3, -0.25) is 0 Å². The molecule has 0 aliphatic heterocycles. The summed E-state index contributed by atoms with van der Waals surface area (Å²) in [7, 11) is 0. The second-order valence-corrected chi connectivity index (χ2v) is 5.68. The van der Waals surface area contributed by atoms with E-state index in [1.807, 2.05) is 4.68 Å². The molecule has 0 atom stereocenters. The number of nitrogens with zero attached hydrogens (tertiary/aromatic N) is 4. The first-order valence-corrected chi connectivity index (χ1v) is 7.64. The molecule has 1 heterocycles. The Morgan fingerprint density at radius 1 is 1.43 bits per heavy atom. The van der Waals surface area contributed by atoms with Gasteiger partial charge in [0, 0.05) is 11.3 Å². The van der Waals surface area contributed by atoms with Crippen molar-refractivity contribution in [1.29, 1.82) is 0 Å². The normalized spacial score (nSPS) is 13.8. The fraction of sp³-hybridized carbons (Fsp3) is 0.357. The Balaban J connectivity index is 1.76. The quantitative estimate of drug-likeness (QED) is 0.688. The summed E-state index contributed by atoms with van der Waals surface area (Å²) in [6, 6.07) is 5.05. The molecular formula is C14H14FN5S. The second kappa shape index (κ2) is 6.24. The Bertz CT molecular complexity index is 699. The van der Waals surface area contributed by atoms with Crippen LogP contribution in [0.5, 0.6) is 0 Å². The predicted octanol–water partition coefficient (Wildman–Crippen LogP) is 1.75. The summed E-state index contributed by atoms with van der Waals surface area (Å²) in [5, 5.41) is 12.6. The summed E-state index contributed by atoms with van der Waals surface area (Å²) in [6.45, 7) is 0.253. The Kier molecular flexibility index (Phi) is 4.18. The maximum absolute atomic E-state index is 13.3. The van der Waals surface area contributed by atoms with Crippen LogP contribution in [-0.2, 0) is 5.75 Å². The van der Waals surface area contributed by atoms with E-state index in [-0.39, 0.29) is 12.4 Å². The standard InChI is InChI=1S/C14H14FN5S/c15-12-4-3-11(10(8-12)2-1-7-16)9-21-14-17-18-19-20(14)13-5-6-13/h3-4,8,13H,5-7,9,16H2. The molecule has 5 nitrogen and oxygen atoms in total. The van der Waals surface area contributed by atoms with Gasteiger partial charge in [-0.05, 0) is 41.0 Å². The summed E-state index contributed by atoms with van der Waals surface area (Å²) < 4.78 is 15.2. The Morgan fingerprint density at radius 3 is 3.05 bits per heavy atom. The first-order valence-electron chi connectivity index (χ1n) is 6.66. The van der Waals surface area contributed by atoms with E-state index in [1.54, 1.807) is 6.07 Å². The third-order valence-corrected chi connectivity index (χ3v) is 4.09. The second-order valence-electron chi connectivity index (χ2n) is 4.73. The van der Waals surface area contributed by atoms with Crippen molar-refractivity contribution in [3.8, 4) is 11.8 Å². The lowest BCUT2D eigenvalue weighted by Crippen LogP contribution is -1.99. The van der Waals surface area contributed by atoms with Crippen LogP contribution in [0.3, 0.4) is 0 Å². The number of tetrazole rings is 1. The molecule has 1 aromatic carbocycles. The molecule has 2 N–H and O–H groups in total. The SMILES string of the molecule is NCC#Cc1cc(F)ccc1CSc1nnnn1C1CC1. The number of aromatic nitrogens is 4. The lowest BCUT2D eigenvalue weighted by Gasteiger charge is -2.05. The molecule has 1 aliphatic carbocycles. The van der Waals surface area contributed by atoms with Crippen molar-refractivity contribution in [3.63, 3.8) is 0 Å². The fourth-order valence-electron chi connectivity index (χ4n) is 1.91. The van der Waals surface area contributed by atoms with E-state index >= 15 is 0 Å². The van der Waals surface area contributed by atoms with Gasteiger partial charge in [-0.15, -0.1) is 5.10 Å². The number of nitrogens with two attached hydrogens (primary N) is 1. The van der Waals surface area contributed by atoms with Gasteiger partial charge in [-0.1, -0.05) is 29.7 Å². The molecule has 2 aromatic rings. The molecule has 1 aliphatic rings. The topological polar surface area (TPSA) is 69.6 Å². The molecule has 0 radical (unpaired) electrons. The van der Waals surface area contributed by atoms with Crippen LogP contribution in [0.25, 0.3) is 0 Å². The molecule has 1 fully saturated rings. The zero-order valence-electron chi connectivity index (χ0n) is 11.3. The van der Waals surface area contributed by atoms with Crippen molar-refractivity contribution >= 4 is 11.8 Å². The highest BCUT2D eigenvalue weighted by Crippen LogP contribution is 2.37. The zero-order valence-corrected chi connectivity index (χ0v) is 12.1. The van der Waals surface area contributed by atoms with Gasteiger partial charge >= 0.3 is 0 Å². The monoisotopic (exact) mass is 303 g/mol. The van der Waals surface area contributed by atoms with Crippen molar-refractivity contribution < 1.29 is 4.39 Å². The van der Waals surface area contributed by atoms with E-state index in [2.05, 4.69) is 27.4 Å². The number of thioether (sulfide) groups is 1. The van der Waals surface area contributed by atoms with Gasteiger partial charge in [0.1, 0.15) is 5.82 Å². The van der Waals surface area contributed by atoms with Crippen LogP contribution in [0.2, 0.25) is 0 Å². The summed E-state index contributed by atoms with van der Waals surface area (Å²) in [6.07, 6.45) is 2.25. The molecule has 0 spiro atoms. The first kappa shape index (κ1) is 14.0. The molecule has 0 bridgehead atoms. The lowest BCUT2D eigenvalue weighted by molar-refractivity contribution is 0.565. The van der Waals surface area contributed by atoms with Crippen LogP contribution in [0, 0.1) is 17.7 Å². The van der Waals surface area contributed by atoms with Gasteiger partial charge < -0.3 is 5.73 Å². The molecule has 3 rings (SSSR count). The van der Waals surface area contributed by atoms with E-state index in [9.17, 15) is 4.39 Å². The van der Waals surface area contributed by atoms with Crippen LogP contribution in [0.15, 0.2) is 23.4 Å². The number of hydrogen-bond donors (Lipinski definition) is 1. The molecule has 0 unspecified atom stereocenters. The summed E-state index contributed by atoms with van der Waals surface area (Å²) in [5.74, 6) is 6.01. The smallest absolute Gasteiger partial charge is 0.209 e. The highest BCUT2D eigenvalue weighted by Gasteiger charge is 2.27. The zero-order chi connectivity index (χ0) is 14.7. The molecule has 0 saturated heterocycles. The third-order valence-electron chi connectivity index (χ3n) is 3.11. The van der Waals surface area contributed by atoms with E-state index in [0.29, 0.717) is 17.4 Å². The van der Waals surface area contributed by atoms with Gasteiger partial charge in [0.15, 0.2) is 0 Å². The van der Waals surface area contributed by atoms with Crippen molar-refractivity contribution in [2.75, 3.05) is 6.54 Å². The van der Waals surface area contributed by atoms with Gasteiger partial charge in [0.25, 0.3) is 0 Å². The predicted molar refractivity (Wildman–Crippen MR) is 78.0 cm³/mol. The highest BCUT2D eigenvalue weighted by atomic mass is 32.2. The minimum Gasteiger partial charge on any atom is -0.320 e. The van der Waals surface area contributed by atoms with Crippen molar-refractivity contribution in [2.45, 2.75) is 29.8 Å². The van der Waals surface area contributed by atoms with Crippen LogP contribution >= 0.6 is 11.8 Å². The Hall–Kier alpha value is -1.91. The van der Waals surface area contributed by atoms with Crippen LogP contribution < -0.4 is 5.73 Å². The van der Waals surface area contributed by atoms with Gasteiger partial charge in [-0.2, -0.15) is 0 Å². The number of rotatable bonds is 4. The number of halogens is 1. The Labute approximate surface area is 126 Å². The average Bonchev–Trinajstić information content (AvgIpc) is 3.23.